The molecule has 0 aliphatic carbocycles. The quantitative estimate of drug-likeness (QED) is 0.752. The van der Waals surface area contributed by atoms with Crippen LogP contribution >= 0.6 is 0 Å². The molecule has 0 spiro atoms. The predicted molar refractivity (Wildman–Crippen MR) is 73.4 cm³/mol. The van der Waals surface area contributed by atoms with E-state index in [0.29, 0.717) is 12.2 Å². The molecule has 0 unspecified atom stereocenters. The van der Waals surface area contributed by atoms with Crippen molar-refractivity contribution in [3.8, 4) is 11.3 Å². The molecule has 0 amide bonds. The molecule has 20 heavy (non-hydrogen) atoms. The highest BCUT2D eigenvalue weighted by atomic mass is 16.4. The van der Waals surface area contributed by atoms with Crippen LogP contribution in [0.5, 0.6) is 0 Å². The molecule has 2 N–H and O–H groups in total. The van der Waals surface area contributed by atoms with Gasteiger partial charge in [0.1, 0.15) is 5.69 Å². The topological polar surface area (TPSA) is 88.2 Å². The van der Waals surface area contributed by atoms with Gasteiger partial charge in [-0.2, -0.15) is 0 Å². The molecule has 0 aliphatic rings. The second-order valence-electron chi connectivity index (χ2n) is 4.47. The Hall–Kier alpha value is -2.21. The summed E-state index contributed by atoms with van der Waals surface area (Å²) >= 11 is 0. The largest absolute Gasteiger partial charge is 0.476 e. The van der Waals surface area contributed by atoms with Gasteiger partial charge in [-0.1, -0.05) is 35.5 Å². The maximum Gasteiger partial charge on any atom is 0.358 e. The molecule has 1 aromatic carbocycles. The summed E-state index contributed by atoms with van der Waals surface area (Å²) in [4.78, 5) is 11.2. The van der Waals surface area contributed by atoms with E-state index in [9.17, 15) is 9.90 Å². The summed E-state index contributed by atoms with van der Waals surface area (Å²) in [5.74, 6) is -1.08. The van der Waals surface area contributed by atoms with Gasteiger partial charge >= 0.3 is 5.97 Å². The minimum atomic E-state index is -1.08. The SMILES string of the molecule is O=C(O)c1nnn(CCCCCO)c1-c1ccccc1. The molecule has 0 saturated heterocycles. The summed E-state index contributed by atoms with van der Waals surface area (Å²) in [6.45, 7) is 0.758. The molecule has 2 rings (SSSR count). The van der Waals surface area contributed by atoms with Gasteiger partial charge in [0.25, 0.3) is 0 Å². The Morgan fingerprint density at radius 2 is 1.90 bits per heavy atom. The molecule has 6 nitrogen and oxygen atoms in total. The zero-order valence-electron chi connectivity index (χ0n) is 11.1. The van der Waals surface area contributed by atoms with Crippen LogP contribution in [0.2, 0.25) is 0 Å². The summed E-state index contributed by atoms with van der Waals surface area (Å²) in [5.41, 5.74) is 1.29. The molecular weight excluding hydrogens is 258 g/mol. The first-order valence-corrected chi connectivity index (χ1v) is 6.57. The average Bonchev–Trinajstić information content (AvgIpc) is 2.88. The minimum absolute atomic E-state index is 0.0293. The van der Waals surface area contributed by atoms with Gasteiger partial charge in [0.2, 0.25) is 0 Å². The van der Waals surface area contributed by atoms with Crippen molar-refractivity contribution >= 4 is 5.97 Å². The van der Waals surface area contributed by atoms with Gasteiger partial charge in [0.05, 0.1) is 0 Å². The zero-order valence-corrected chi connectivity index (χ0v) is 11.1. The first-order valence-electron chi connectivity index (χ1n) is 6.57. The fraction of sp³-hybridized carbons (Fsp3) is 0.357. The van der Waals surface area contributed by atoms with E-state index in [1.165, 1.54) is 0 Å². The molecule has 0 bridgehead atoms. The summed E-state index contributed by atoms with van der Waals surface area (Å²) in [6, 6.07) is 9.26. The van der Waals surface area contributed by atoms with E-state index in [1.807, 2.05) is 30.3 Å². The van der Waals surface area contributed by atoms with Crippen LogP contribution in [0.3, 0.4) is 0 Å². The standard InChI is InChI=1S/C14H17N3O3/c18-10-6-2-5-9-17-13(11-7-3-1-4-8-11)12(14(19)20)15-16-17/h1,3-4,7-8,18H,2,5-6,9-10H2,(H,19,20). The number of hydrogen-bond donors (Lipinski definition) is 2. The third-order valence-corrected chi connectivity index (χ3v) is 3.01. The van der Waals surface area contributed by atoms with Crippen LogP contribution in [-0.4, -0.2) is 37.8 Å². The number of aliphatic hydroxyl groups is 1. The van der Waals surface area contributed by atoms with Crippen LogP contribution in [0.25, 0.3) is 11.3 Å². The summed E-state index contributed by atoms with van der Waals surface area (Å²) in [6.07, 6.45) is 2.43. The van der Waals surface area contributed by atoms with Crippen LogP contribution in [0.15, 0.2) is 30.3 Å². The fourth-order valence-corrected chi connectivity index (χ4v) is 2.05. The van der Waals surface area contributed by atoms with Crippen LogP contribution in [0, 0.1) is 0 Å². The number of carboxylic acids is 1. The highest BCUT2D eigenvalue weighted by Crippen LogP contribution is 2.22. The van der Waals surface area contributed by atoms with E-state index in [1.54, 1.807) is 4.68 Å². The first-order chi connectivity index (χ1) is 9.74. The van der Waals surface area contributed by atoms with Crippen molar-refractivity contribution in [1.29, 1.82) is 0 Å². The van der Waals surface area contributed by atoms with Gasteiger partial charge in [-0.25, -0.2) is 9.48 Å². The van der Waals surface area contributed by atoms with Crippen molar-refractivity contribution in [2.24, 2.45) is 0 Å². The molecule has 1 aromatic heterocycles. The van der Waals surface area contributed by atoms with E-state index in [2.05, 4.69) is 10.3 Å². The number of rotatable bonds is 7. The second-order valence-corrected chi connectivity index (χ2v) is 4.47. The van der Waals surface area contributed by atoms with Crippen molar-refractivity contribution in [3.63, 3.8) is 0 Å². The monoisotopic (exact) mass is 275 g/mol. The maximum atomic E-state index is 11.2. The third-order valence-electron chi connectivity index (χ3n) is 3.01. The van der Waals surface area contributed by atoms with Crippen molar-refractivity contribution in [1.82, 2.24) is 15.0 Å². The predicted octanol–water partition coefficient (Wildman–Crippen LogP) is 1.81. The van der Waals surface area contributed by atoms with Gasteiger partial charge in [-0.15, -0.1) is 5.10 Å². The number of aromatic nitrogens is 3. The molecule has 0 saturated carbocycles. The van der Waals surface area contributed by atoms with E-state index in [4.69, 9.17) is 5.11 Å². The number of aromatic carboxylic acids is 1. The van der Waals surface area contributed by atoms with Crippen molar-refractivity contribution in [2.75, 3.05) is 6.61 Å². The van der Waals surface area contributed by atoms with E-state index in [-0.39, 0.29) is 12.3 Å². The van der Waals surface area contributed by atoms with Gasteiger partial charge in [0, 0.05) is 18.7 Å². The Balaban J connectivity index is 2.26. The van der Waals surface area contributed by atoms with Crippen LogP contribution in [-0.2, 0) is 6.54 Å². The van der Waals surface area contributed by atoms with E-state index < -0.39 is 5.97 Å². The van der Waals surface area contributed by atoms with Gasteiger partial charge in [-0.3, -0.25) is 0 Å². The molecule has 6 heteroatoms. The summed E-state index contributed by atoms with van der Waals surface area (Å²) in [7, 11) is 0. The smallest absolute Gasteiger partial charge is 0.358 e. The Morgan fingerprint density at radius 3 is 2.55 bits per heavy atom. The zero-order chi connectivity index (χ0) is 14.4. The van der Waals surface area contributed by atoms with Crippen molar-refractivity contribution in [2.45, 2.75) is 25.8 Å². The lowest BCUT2D eigenvalue weighted by Gasteiger charge is -2.07. The van der Waals surface area contributed by atoms with Crippen LogP contribution in [0.4, 0.5) is 0 Å². The van der Waals surface area contributed by atoms with Crippen LogP contribution in [0.1, 0.15) is 29.8 Å². The minimum Gasteiger partial charge on any atom is -0.476 e. The molecule has 2 aromatic rings. The van der Waals surface area contributed by atoms with Gasteiger partial charge in [0.15, 0.2) is 5.69 Å². The fourth-order valence-electron chi connectivity index (χ4n) is 2.05. The summed E-state index contributed by atoms with van der Waals surface area (Å²) in [5, 5.41) is 25.7. The van der Waals surface area contributed by atoms with E-state index in [0.717, 1.165) is 24.8 Å². The highest BCUT2D eigenvalue weighted by molar-refractivity contribution is 5.92. The van der Waals surface area contributed by atoms with Crippen LogP contribution < -0.4 is 0 Å². The number of nitrogens with zero attached hydrogens (tertiary/aromatic N) is 3. The first kappa shape index (κ1) is 14.2. The van der Waals surface area contributed by atoms with Crippen molar-refractivity contribution in [3.05, 3.63) is 36.0 Å². The molecular formula is C14H17N3O3. The lowest BCUT2D eigenvalue weighted by molar-refractivity contribution is 0.0691. The molecule has 0 fully saturated rings. The lowest BCUT2D eigenvalue weighted by atomic mass is 10.1. The molecule has 1 heterocycles. The van der Waals surface area contributed by atoms with Gasteiger partial charge < -0.3 is 10.2 Å². The molecule has 0 radical (unpaired) electrons. The molecule has 0 aliphatic heterocycles. The van der Waals surface area contributed by atoms with Gasteiger partial charge in [-0.05, 0) is 19.3 Å². The highest BCUT2D eigenvalue weighted by Gasteiger charge is 2.19. The number of aliphatic hydroxyl groups excluding tert-OH is 1. The lowest BCUT2D eigenvalue weighted by Crippen LogP contribution is -2.05. The number of unbranched alkanes of at least 4 members (excludes halogenated alkanes) is 2. The number of hydrogen-bond acceptors (Lipinski definition) is 4. The number of carboxylic acid groups (broad SMARTS) is 1. The Labute approximate surface area is 116 Å². The normalized spacial score (nSPS) is 10.7. The Kier molecular flexibility index (Phi) is 4.84. The summed E-state index contributed by atoms with van der Waals surface area (Å²) < 4.78 is 1.62. The second kappa shape index (κ2) is 6.81. The number of carbonyl (C=O) groups is 1. The number of benzene rings is 1. The Morgan fingerprint density at radius 1 is 1.15 bits per heavy atom. The molecule has 0 atom stereocenters. The average molecular weight is 275 g/mol. The van der Waals surface area contributed by atoms with E-state index >= 15 is 0 Å². The Bertz CT molecular complexity index is 566. The maximum absolute atomic E-state index is 11.2. The molecule has 106 valence electrons. The number of aryl methyl sites for hydroxylation is 1. The van der Waals surface area contributed by atoms with Crippen molar-refractivity contribution < 1.29 is 15.0 Å². The third kappa shape index (κ3) is 3.21.